The van der Waals surface area contributed by atoms with Gasteiger partial charge in [-0.2, -0.15) is 0 Å². The number of methoxy groups -OCH3 is 1. The summed E-state index contributed by atoms with van der Waals surface area (Å²) >= 11 is 1.63. The maximum Gasteiger partial charge on any atom is 0.308 e. The van der Waals surface area contributed by atoms with Crippen LogP contribution in [-0.2, 0) is 20.8 Å². The summed E-state index contributed by atoms with van der Waals surface area (Å²) in [5.74, 6) is -0.223. The molecule has 108 valence electrons. The Morgan fingerprint density at radius 1 is 1.65 bits per heavy atom. The van der Waals surface area contributed by atoms with E-state index in [4.69, 9.17) is 4.74 Å². The average molecular weight is 295 g/mol. The molecular formula is C13H17N3O3S. The molecule has 3 rings (SSSR count). The standard InChI is InChI=1S/C13H17N3O3S/c1-18-12(17)6-11-9-15(2-4-19-11)7-10-8-16-3-5-20-13(16)14-10/h3,5,8,11H,2,4,6-7,9H2,1H3. The van der Waals surface area contributed by atoms with Crippen LogP contribution in [0.1, 0.15) is 12.1 Å². The highest BCUT2D eigenvalue weighted by Crippen LogP contribution is 2.15. The summed E-state index contributed by atoms with van der Waals surface area (Å²) in [6, 6.07) is 0. The summed E-state index contributed by atoms with van der Waals surface area (Å²) in [4.78, 5) is 19.1. The van der Waals surface area contributed by atoms with Crippen LogP contribution in [-0.4, -0.2) is 53.2 Å². The van der Waals surface area contributed by atoms with Crippen molar-refractivity contribution in [2.45, 2.75) is 19.1 Å². The van der Waals surface area contributed by atoms with Gasteiger partial charge >= 0.3 is 5.97 Å². The first-order valence-corrected chi connectivity index (χ1v) is 7.44. The van der Waals surface area contributed by atoms with Gasteiger partial charge in [-0.25, -0.2) is 4.98 Å². The van der Waals surface area contributed by atoms with Crippen molar-refractivity contribution >= 4 is 22.3 Å². The molecule has 20 heavy (non-hydrogen) atoms. The second-order valence-electron chi connectivity index (χ2n) is 4.83. The van der Waals surface area contributed by atoms with Crippen LogP contribution in [0.4, 0.5) is 0 Å². The summed E-state index contributed by atoms with van der Waals surface area (Å²) in [5, 5.41) is 2.02. The molecular weight excluding hydrogens is 278 g/mol. The van der Waals surface area contributed by atoms with Crippen molar-refractivity contribution in [3.8, 4) is 0 Å². The van der Waals surface area contributed by atoms with E-state index in [1.807, 2.05) is 16.0 Å². The smallest absolute Gasteiger partial charge is 0.308 e. The molecule has 7 heteroatoms. The largest absolute Gasteiger partial charge is 0.469 e. The molecule has 0 radical (unpaired) electrons. The van der Waals surface area contributed by atoms with Crippen LogP contribution < -0.4 is 0 Å². The highest BCUT2D eigenvalue weighted by Gasteiger charge is 2.23. The maximum absolute atomic E-state index is 11.3. The van der Waals surface area contributed by atoms with Gasteiger partial charge in [0, 0.05) is 37.4 Å². The molecule has 0 spiro atoms. The van der Waals surface area contributed by atoms with Gasteiger partial charge in [-0.1, -0.05) is 0 Å². The molecule has 1 fully saturated rings. The van der Waals surface area contributed by atoms with E-state index in [2.05, 4.69) is 20.8 Å². The Bertz CT molecular complexity index is 566. The molecule has 3 heterocycles. The van der Waals surface area contributed by atoms with Gasteiger partial charge in [-0.3, -0.25) is 14.1 Å². The summed E-state index contributed by atoms with van der Waals surface area (Å²) in [7, 11) is 1.40. The quantitative estimate of drug-likeness (QED) is 0.792. The van der Waals surface area contributed by atoms with Crippen molar-refractivity contribution in [3.63, 3.8) is 0 Å². The van der Waals surface area contributed by atoms with Gasteiger partial charge < -0.3 is 9.47 Å². The summed E-state index contributed by atoms with van der Waals surface area (Å²) < 4.78 is 12.3. The molecule has 0 bridgehead atoms. The number of imidazole rings is 1. The fraction of sp³-hybridized carbons (Fsp3) is 0.538. The SMILES string of the molecule is COC(=O)CC1CN(Cc2cn3ccsc3n2)CCO1. The van der Waals surface area contributed by atoms with Gasteiger partial charge in [-0.05, 0) is 0 Å². The zero-order chi connectivity index (χ0) is 13.9. The van der Waals surface area contributed by atoms with Crippen molar-refractivity contribution in [1.29, 1.82) is 0 Å². The number of nitrogens with zero attached hydrogens (tertiary/aromatic N) is 3. The molecule has 1 unspecified atom stereocenters. The van der Waals surface area contributed by atoms with E-state index in [-0.39, 0.29) is 12.1 Å². The second kappa shape index (κ2) is 5.90. The Morgan fingerprint density at radius 2 is 2.55 bits per heavy atom. The monoisotopic (exact) mass is 295 g/mol. The normalized spacial score (nSPS) is 20.4. The highest BCUT2D eigenvalue weighted by atomic mass is 32.1. The minimum atomic E-state index is -0.223. The summed E-state index contributed by atoms with van der Waals surface area (Å²) in [6.07, 6.45) is 4.29. The van der Waals surface area contributed by atoms with Crippen LogP contribution in [0.25, 0.3) is 4.96 Å². The highest BCUT2D eigenvalue weighted by molar-refractivity contribution is 7.15. The number of hydrogen-bond donors (Lipinski definition) is 0. The van der Waals surface area contributed by atoms with Crippen molar-refractivity contribution in [1.82, 2.24) is 14.3 Å². The Morgan fingerprint density at radius 3 is 3.35 bits per heavy atom. The van der Waals surface area contributed by atoms with Crippen LogP contribution in [0.2, 0.25) is 0 Å². The van der Waals surface area contributed by atoms with Gasteiger partial charge in [0.1, 0.15) is 0 Å². The van der Waals surface area contributed by atoms with Crippen LogP contribution >= 0.6 is 11.3 Å². The van der Waals surface area contributed by atoms with Crippen LogP contribution in [0.3, 0.4) is 0 Å². The van der Waals surface area contributed by atoms with Crippen molar-refractivity contribution in [3.05, 3.63) is 23.5 Å². The molecule has 0 aliphatic carbocycles. The van der Waals surface area contributed by atoms with Gasteiger partial charge in [0.2, 0.25) is 0 Å². The van der Waals surface area contributed by atoms with E-state index < -0.39 is 0 Å². The fourth-order valence-electron chi connectivity index (χ4n) is 2.40. The number of esters is 1. The number of thiazole rings is 1. The average Bonchev–Trinajstić information content (AvgIpc) is 3.00. The molecule has 1 atom stereocenters. The lowest BCUT2D eigenvalue weighted by molar-refractivity contribution is -0.145. The minimum absolute atomic E-state index is 0.0834. The van der Waals surface area contributed by atoms with Crippen LogP contribution in [0.5, 0.6) is 0 Å². The number of carbonyl (C=O) groups excluding carboxylic acids is 1. The lowest BCUT2D eigenvalue weighted by atomic mass is 10.2. The summed E-state index contributed by atoms with van der Waals surface area (Å²) in [6.45, 7) is 3.03. The zero-order valence-corrected chi connectivity index (χ0v) is 12.1. The number of morpholine rings is 1. The Kier molecular flexibility index (Phi) is 4.00. The lowest BCUT2D eigenvalue weighted by Gasteiger charge is -2.31. The van der Waals surface area contributed by atoms with Gasteiger partial charge in [0.25, 0.3) is 0 Å². The number of aromatic nitrogens is 2. The number of ether oxygens (including phenoxy) is 2. The Balaban J connectivity index is 1.59. The third-order valence-corrected chi connectivity index (χ3v) is 4.14. The minimum Gasteiger partial charge on any atom is -0.469 e. The van der Waals surface area contributed by atoms with E-state index in [0.717, 1.165) is 30.3 Å². The molecule has 2 aromatic heterocycles. The summed E-state index contributed by atoms with van der Waals surface area (Å²) in [5.41, 5.74) is 1.05. The van der Waals surface area contributed by atoms with Crippen molar-refractivity contribution in [2.24, 2.45) is 0 Å². The predicted molar refractivity (Wildman–Crippen MR) is 74.7 cm³/mol. The molecule has 2 aromatic rings. The molecule has 0 amide bonds. The van der Waals surface area contributed by atoms with E-state index >= 15 is 0 Å². The van der Waals surface area contributed by atoms with Crippen molar-refractivity contribution in [2.75, 3.05) is 26.8 Å². The zero-order valence-electron chi connectivity index (χ0n) is 11.3. The molecule has 0 aromatic carbocycles. The molecule has 0 N–H and O–H groups in total. The van der Waals surface area contributed by atoms with E-state index in [1.54, 1.807) is 11.3 Å². The number of fused-ring (bicyclic) bond motifs is 1. The second-order valence-corrected chi connectivity index (χ2v) is 5.71. The number of rotatable bonds is 4. The first-order chi connectivity index (χ1) is 9.74. The van der Waals surface area contributed by atoms with Gasteiger partial charge in [-0.15, -0.1) is 11.3 Å². The van der Waals surface area contributed by atoms with Gasteiger partial charge in [0.15, 0.2) is 4.96 Å². The molecule has 6 nitrogen and oxygen atoms in total. The number of hydrogen-bond acceptors (Lipinski definition) is 6. The van der Waals surface area contributed by atoms with Crippen molar-refractivity contribution < 1.29 is 14.3 Å². The Hall–Kier alpha value is -1.44. The van der Waals surface area contributed by atoms with Crippen LogP contribution in [0.15, 0.2) is 17.8 Å². The first kappa shape index (κ1) is 13.5. The molecule has 1 saturated heterocycles. The Labute approximate surface area is 120 Å². The molecule has 1 aliphatic rings. The van der Waals surface area contributed by atoms with E-state index in [9.17, 15) is 4.79 Å². The molecule has 1 aliphatic heterocycles. The van der Waals surface area contributed by atoms with Crippen LogP contribution in [0, 0.1) is 0 Å². The third-order valence-electron chi connectivity index (χ3n) is 3.37. The molecule has 0 saturated carbocycles. The topological polar surface area (TPSA) is 56.1 Å². The first-order valence-electron chi connectivity index (χ1n) is 6.56. The van der Waals surface area contributed by atoms with E-state index in [1.165, 1.54) is 7.11 Å². The third kappa shape index (κ3) is 3.00. The maximum atomic E-state index is 11.3. The number of carbonyl (C=O) groups is 1. The van der Waals surface area contributed by atoms with E-state index in [0.29, 0.717) is 13.0 Å². The fourth-order valence-corrected chi connectivity index (χ4v) is 3.12. The predicted octanol–water partition coefficient (Wildman–Crippen LogP) is 1.16. The van der Waals surface area contributed by atoms with Gasteiger partial charge in [0.05, 0.1) is 31.9 Å². The lowest BCUT2D eigenvalue weighted by Crippen LogP contribution is -2.42.